The lowest BCUT2D eigenvalue weighted by Gasteiger charge is -2.36. The first-order valence-corrected chi connectivity index (χ1v) is 12.0. The zero-order valence-electron chi connectivity index (χ0n) is 20.7. The van der Waals surface area contributed by atoms with Gasteiger partial charge in [0.15, 0.2) is 11.4 Å². The third-order valence-electron chi connectivity index (χ3n) is 6.13. The van der Waals surface area contributed by atoms with Crippen LogP contribution in [0, 0.1) is 15.9 Å². The predicted octanol–water partition coefficient (Wildman–Crippen LogP) is 3.03. The van der Waals surface area contributed by atoms with Gasteiger partial charge in [0, 0.05) is 44.0 Å². The Hall–Kier alpha value is -3.21. The number of anilines is 2. The Labute approximate surface area is 204 Å². The molecule has 1 saturated carbocycles. The van der Waals surface area contributed by atoms with Crippen LogP contribution >= 0.6 is 0 Å². The fourth-order valence-electron chi connectivity index (χ4n) is 4.25. The average molecular weight is 493 g/mol. The van der Waals surface area contributed by atoms with Crippen LogP contribution in [0.15, 0.2) is 17.8 Å². The van der Waals surface area contributed by atoms with Gasteiger partial charge >= 0.3 is 11.9 Å². The molecule has 1 aliphatic carbocycles. The second-order valence-corrected chi connectivity index (χ2v) is 8.58. The first-order chi connectivity index (χ1) is 16.7. The molecule has 0 spiro atoms. The van der Waals surface area contributed by atoms with Gasteiger partial charge in [0.2, 0.25) is 0 Å². The summed E-state index contributed by atoms with van der Waals surface area (Å²) in [6, 6.07) is 0.767. The lowest BCUT2D eigenvalue weighted by molar-refractivity contribution is -0.384. The van der Waals surface area contributed by atoms with E-state index in [0.717, 1.165) is 19.2 Å². The fourth-order valence-corrected chi connectivity index (χ4v) is 4.25. The molecule has 35 heavy (non-hydrogen) atoms. The number of benzene rings is 1. The number of rotatable bonds is 10. The molecule has 1 aliphatic heterocycles. The molecule has 11 heteroatoms. The largest absolute Gasteiger partial charge is 0.462 e. The van der Waals surface area contributed by atoms with Gasteiger partial charge in [-0.25, -0.2) is 14.0 Å². The summed E-state index contributed by atoms with van der Waals surface area (Å²) >= 11 is 0. The summed E-state index contributed by atoms with van der Waals surface area (Å²) < 4.78 is 25.5. The zero-order chi connectivity index (χ0) is 25.7. The average Bonchev–Trinajstić information content (AvgIpc) is 3.65. The van der Waals surface area contributed by atoms with Crippen LogP contribution in [-0.2, 0) is 25.5 Å². The molecule has 0 bridgehead atoms. The molecule has 0 N–H and O–H groups in total. The van der Waals surface area contributed by atoms with E-state index in [-0.39, 0.29) is 30.5 Å². The van der Waals surface area contributed by atoms with Crippen molar-refractivity contribution in [1.29, 1.82) is 0 Å². The number of carbonyl (C=O) groups excluding carboxylic acids is 2. The summed E-state index contributed by atoms with van der Waals surface area (Å²) in [6.07, 6.45) is 3.01. The molecule has 0 aromatic heterocycles. The smallest absolute Gasteiger partial charge is 0.347 e. The van der Waals surface area contributed by atoms with Gasteiger partial charge in [-0.3, -0.25) is 10.1 Å². The van der Waals surface area contributed by atoms with E-state index in [2.05, 4.69) is 4.90 Å². The molecule has 10 nitrogen and oxygen atoms in total. The second-order valence-electron chi connectivity index (χ2n) is 8.58. The SMILES string of the molecule is CCOC(=O)C(=CN(c1c([N+](=O)[O-])cc(F)c(N2CCN(C)CC2)c1CC)C1CC1)C(=O)OCC. The Morgan fingerprint density at radius 2 is 1.71 bits per heavy atom. The quantitative estimate of drug-likeness (QED) is 0.122. The van der Waals surface area contributed by atoms with Crippen LogP contribution < -0.4 is 9.80 Å². The van der Waals surface area contributed by atoms with Gasteiger partial charge in [0.25, 0.3) is 5.69 Å². The number of carbonyl (C=O) groups is 2. The number of ether oxygens (including phenoxy) is 2. The maximum atomic E-state index is 15.4. The molecule has 192 valence electrons. The van der Waals surface area contributed by atoms with Crippen molar-refractivity contribution in [3.63, 3.8) is 0 Å². The highest BCUT2D eigenvalue weighted by Gasteiger charge is 2.38. The molecule has 0 radical (unpaired) electrons. The van der Waals surface area contributed by atoms with Gasteiger partial charge in [0.05, 0.1) is 29.9 Å². The van der Waals surface area contributed by atoms with Gasteiger partial charge in [-0.05, 0) is 40.2 Å². The number of hydrogen-bond donors (Lipinski definition) is 0. The highest BCUT2D eigenvalue weighted by atomic mass is 19.1. The normalized spacial score (nSPS) is 16.0. The first-order valence-electron chi connectivity index (χ1n) is 12.0. The lowest BCUT2D eigenvalue weighted by Crippen LogP contribution is -2.45. The molecule has 2 fully saturated rings. The van der Waals surface area contributed by atoms with Crippen LogP contribution in [0.5, 0.6) is 0 Å². The Morgan fingerprint density at radius 1 is 1.14 bits per heavy atom. The summed E-state index contributed by atoms with van der Waals surface area (Å²) in [5.74, 6) is -2.41. The molecule has 1 saturated heterocycles. The van der Waals surface area contributed by atoms with E-state index < -0.39 is 28.4 Å². The van der Waals surface area contributed by atoms with E-state index in [4.69, 9.17) is 9.47 Å². The molecule has 0 amide bonds. The number of esters is 2. The molecule has 1 heterocycles. The summed E-state index contributed by atoms with van der Waals surface area (Å²) in [4.78, 5) is 42.3. The third-order valence-corrected chi connectivity index (χ3v) is 6.13. The molecule has 0 atom stereocenters. The monoisotopic (exact) mass is 492 g/mol. The second kappa shape index (κ2) is 11.5. The lowest BCUT2D eigenvalue weighted by atomic mass is 10.0. The minimum atomic E-state index is -0.876. The van der Waals surface area contributed by atoms with Crippen molar-refractivity contribution in [3.8, 4) is 0 Å². The highest BCUT2D eigenvalue weighted by molar-refractivity contribution is 6.14. The molecule has 0 unspecified atom stereocenters. The minimum absolute atomic E-state index is 0.0451. The predicted molar refractivity (Wildman–Crippen MR) is 129 cm³/mol. The van der Waals surface area contributed by atoms with Crippen molar-refractivity contribution in [2.24, 2.45) is 0 Å². The summed E-state index contributed by atoms with van der Waals surface area (Å²) in [5, 5.41) is 12.1. The van der Waals surface area contributed by atoms with Crippen molar-refractivity contribution in [2.75, 3.05) is 56.2 Å². The van der Waals surface area contributed by atoms with E-state index in [1.807, 2.05) is 18.9 Å². The highest BCUT2D eigenvalue weighted by Crippen LogP contribution is 2.45. The number of likely N-dealkylation sites (N-methyl/N-ethyl adjacent to an activating group) is 1. The Morgan fingerprint density at radius 3 is 2.17 bits per heavy atom. The number of nitro benzene ring substituents is 1. The summed E-state index contributed by atoms with van der Waals surface area (Å²) in [6.45, 7) is 7.75. The summed E-state index contributed by atoms with van der Waals surface area (Å²) in [5.41, 5.74) is 0.224. The molecule has 3 rings (SSSR count). The van der Waals surface area contributed by atoms with Crippen molar-refractivity contribution in [3.05, 3.63) is 39.3 Å². The fraction of sp³-hybridized carbons (Fsp3) is 0.583. The van der Waals surface area contributed by atoms with Crippen molar-refractivity contribution in [2.45, 2.75) is 46.1 Å². The topological polar surface area (TPSA) is 105 Å². The first kappa shape index (κ1) is 26.4. The van der Waals surface area contributed by atoms with Gasteiger partial charge in [-0.1, -0.05) is 6.92 Å². The van der Waals surface area contributed by atoms with Gasteiger partial charge in [-0.15, -0.1) is 0 Å². The van der Waals surface area contributed by atoms with Crippen LogP contribution in [0.25, 0.3) is 0 Å². The number of piperazine rings is 1. The molecule has 1 aromatic carbocycles. The third kappa shape index (κ3) is 5.90. The van der Waals surface area contributed by atoms with Crippen LogP contribution in [0.2, 0.25) is 0 Å². The standard InChI is InChI=1S/C24H33FN4O6/c1-5-17-21(27-12-10-26(4)11-13-27)19(25)14-20(29(32)33)22(17)28(16-8-9-16)15-18(23(30)34-6-2)24(31)35-7-3/h14-16H,5-13H2,1-4H3. The maximum Gasteiger partial charge on any atom is 0.347 e. The van der Waals surface area contributed by atoms with Crippen LogP contribution in [0.3, 0.4) is 0 Å². The van der Waals surface area contributed by atoms with Crippen LogP contribution in [-0.4, -0.2) is 74.2 Å². The number of nitrogens with zero attached hydrogens (tertiary/aromatic N) is 4. The van der Waals surface area contributed by atoms with Crippen molar-refractivity contribution in [1.82, 2.24) is 4.90 Å². The van der Waals surface area contributed by atoms with E-state index >= 15 is 4.39 Å². The Kier molecular flexibility index (Phi) is 8.66. The number of hydrogen-bond acceptors (Lipinski definition) is 9. The number of halogens is 1. The Bertz CT molecular complexity index is 982. The van der Waals surface area contributed by atoms with E-state index in [0.29, 0.717) is 43.6 Å². The zero-order valence-corrected chi connectivity index (χ0v) is 20.7. The van der Waals surface area contributed by atoms with Gasteiger partial charge in [0.1, 0.15) is 5.69 Å². The minimum Gasteiger partial charge on any atom is -0.462 e. The molecular weight excluding hydrogens is 459 g/mol. The maximum absolute atomic E-state index is 15.4. The van der Waals surface area contributed by atoms with E-state index in [9.17, 15) is 19.7 Å². The Balaban J connectivity index is 2.22. The van der Waals surface area contributed by atoms with Crippen LogP contribution in [0.4, 0.5) is 21.5 Å². The molecule has 2 aliphatic rings. The van der Waals surface area contributed by atoms with E-state index in [1.165, 1.54) is 6.20 Å². The van der Waals surface area contributed by atoms with Crippen molar-refractivity contribution >= 4 is 29.0 Å². The molecular formula is C24H33FN4O6. The number of nitro groups is 1. The van der Waals surface area contributed by atoms with Gasteiger partial charge < -0.3 is 24.2 Å². The van der Waals surface area contributed by atoms with Crippen molar-refractivity contribution < 1.29 is 28.4 Å². The molecule has 1 aromatic rings. The van der Waals surface area contributed by atoms with Gasteiger partial charge in [-0.2, -0.15) is 0 Å². The summed E-state index contributed by atoms with van der Waals surface area (Å²) in [7, 11) is 1.99. The van der Waals surface area contributed by atoms with E-state index in [1.54, 1.807) is 18.7 Å². The van der Waals surface area contributed by atoms with Crippen LogP contribution in [0.1, 0.15) is 39.2 Å².